The summed E-state index contributed by atoms with van der Waals surface area (Å²) >= 11 is 4.86. The number of hydrogen-bond acceptors (Lipinski definition) is 5. The van der Waals surface area contributed by atoms with Crippen LogP contribution in [0.4, 0.5) is 21.9 Å². The second kappa shape index (κ2) is 10.1. The van der Waals surface area contributed by atoms with Gasteiger partial charge in [0.1, 0.15) is 5.60 Å². The van der Waals surface area contributed by atoms with Crippen molar-refractivity contribution in [1.29, 1.82) is 0 Å². The van der Waals surface area contributed by atoms with Crippen molar-refractivity contribution in [2.75, 3.05) is 16.4 Å². The quantitative estimate of drug-likeness (QED) is 0.326. The molecule has 6 nitrogen and oxygen atoms in total. The molecule has 0 saturated heterocycles. The third-order valence-corrected chi connectivity index (χ3v) is 5.67. The average molecular weight is 514 g/mol. The maximum absolute atomic E-state index is 12.5. The van der Waals surface area contributed by atoms with E-state index in [1.807, 2.05) is 63.2 Å². The van der Waals surface area contributed by atoms with Crippen molar-refractivity contribution < 1.29 is 14.3 Å². The van der Waals surface area contributed by atoms with Gasteiger partial charge in [-0.05, 0) is 81.4 Å². The highest BCUT2D eigenvalue weighted by Crippen LogP contribution is 2.33. The van der Waals surface area contributed by atoms with Crippen molar-refractivity contribution in [3.8, 4) is 0 Å². The molecule has 0 bridgehead atoms. The molecular weight excluding hydrogens is 490 g/mol. The summed E-state index contributed by atoms with van der Waals surface area (Å²) in [5.41, 5.74) is 7.95. The first-order valence-corrected chi connectivity index (χ1v) is 11.4. The lowest BCUT2D eigenvalue weighted by molar-refractivity contribution is 0.0635. The number of nitrogens with one attached hydrogen (secondary N) is 2. The minimum atomic E-state index is -0.557. The van der Waals surface area contributed by atoms with Gasteiger partial charge in [0, 0.05) is 36.9 Å². The van der Waals surface area contributed by atoms with Crippen molar-refractivity contribution in [1.82, 2.24) is 0 Å². The summed E-state index contributed by atoms with van der Waals surface area (Å²) in [4.78, 5) is 26.2. The number of anilines is 3. The van der Waals surface area contributed by atoms with Crippen LogP contribution in [0.15, 0.2) is 81.0 Å². The molecule has 0 fully saturated rings. The van der Waals surface area contributed by atoms with Gasteiger partial charge in [-0.15, -0.1) is 0 Å². The molecule has 0 aliphatic heterocycles. The van der Waals surface area contributed by atoms with Crippen LogP contribution in [0.25, 0.3) is 0 Å². The summed E-state index contributed by atoms with van der Waals surface area (Å²) in [6.45, 7) is 5.44. The van der Waals surface area contributed by atoms with Gasteiger partial charge in [-0.25, -0.2) is 4.79 Å². The highest BCUT2D eigenvalue weighted by molar-refractivity contribution is 9.10. The average Bonchev–Trinajstić information content (AvgIpc) is 2.69. The van der Waals surface area contributed by atoms with E-state index in [4.69, 9.17) is 10.5 Å². The number of rotatable bonds is 5. The molecule has 2 amide bonds. The first-order chi connectivity index (χ1) is 15.1. The lowest BCUT2D eigenvalue weighted by Crippen LogP contribution is -2.27. The molecule has 166 valence electrons. The van der Waals surface area contributed by atoms with Crippen LogP contribution in [0.5, 0.6) is 0 Å². The fraction of sp³-hybridized carbons (Fsp3) is 0.167. The van der Waals surface area contributed by atoms with Crippen LogP contribution < -0.4 is 16.4 Å². The van der Waals surface area contributed by atoms with Crippen LogP contribution in [-0.2, 0) is 4.74 Å². The summed E-state index contributed by atoms with van der Waals surface area (Å²) in [7, 11) is 0. The van der Waals surface area contributed by atoms with E-state index >= 15 is 0 Å². The monoisotopic (exact) mass is 513 g/mol. The van der Waals surface area contributed by atoms with Crippen molar-refractivity contribution in [2.45, 2.75) is 36.2 Å². The Morgan fingerprint density at radius 3 is 2.28 bits per heavy atom. The van der Waals surface area contributed by atoms with Crippen LogP contribution >= 0.6 is 27.7 Å². The lowest BCUT2D eigenvalue weighted by Gasteiger charge is -2.19. The van der Waals surface area contributed by atoms with Gasteiger partial charge < -0.3 is 15.8 Å². The zero-order valence-corrected chi connectivity index (χ0v) is 20.3. The number of amides is 2. The van der Waals surface area contributed by atoms with Gasteiger partial charge in [-0.2, -0.15) is 0 Å². The molecule has 4 N–H and O–H groups in total. The number of benzene rings is 3. The van der Waals surface area contributed by atoms with Gasteiger partial charge in [0.25, 0.3) is 5.91 Å². The molecule has 0 atom stereocenters. The second-order valence-corrected chi connectivity index (χ2v) is 10.0. The predicted molar refractivity (Wildman–Crippen MR) is 133 cm³/mol. The zero-order valence-electron chi connectivity index (χ0n) is 17.9. The van der Waals surface area contributed by atoms with E-state index in [-0.39, 0.29) is 5.91 Å². The third kappa shape index (κ3) is 7.03. The summed E-state index contributed by atoms with van der Waals surface area (Å²) in [5.74, 6) is -0.232. The lowest BCUT2D eigenvalue weighted by atomic mass is 10.2. The highest BCUT2D eigenvalue weighted by atomic mass is 79.9. The second-order valence-electron chi connectivity index (χ2n) is 7.97. The Kier molecular flexibility index (Phi) is 7.48. The zero-order chi connectivity index (χ0) is 23.3. The van der Waals surface area contributed by atoms with Crippen molar-refractivity contribution in [3.05, 3.63) is 76.8 Å². The molecule has 0 aromatic heterocycles. The van der Waals surface area contributed by atoms with Gasteiger partial charge in [-0.1, -0.05) is 33.8 Å². The Labute approximate surface area is 200 Å². The minimum absolute atomic E-state index is 0.232. The van der Waals surface area contributed by atoms with E-state index < -0.39 is 11.7 Å². The van der Waals surface area contributed by atoms with Crippen molar-refractivity contribution >= 4 is 56.8 Å². The SMILES string of the molecule is CC(C)(C)OC(=O)Nc1ccc(Sc2ccc(C(=O)Nc3cccc(Br)c3)cc2N)cc1. The van der Waals surface area contributed by atoms with E-state index in [1.165, 1.54) is 11.8 Å². The number of carbonyl (C=O) groups excluding carboxylic acids is 2. The van der Waals surface area contributed by atoms with E-state index in [0.29, 0.717) is 22.6 Å². The van der Waals surface area contributed by atoms with Crippen molar-refractivity contribution in [3.63, 3.8) is 0 Å². The van der Waals surface area contributed by atoms with Gasteiger partial charge in [0.2, 0.25) is 0 Å². The molecule has 8 heteroatoms. The molecule has 0 saturated carbocycles. The van der Waals surface area contributed by atoms with Crippen LogP contribution in [0.2, 0.25) is 0 Å². The first kappa shape index (κ1) is 23.7. The molecule has 3 aromatic rings. The number of nitrogen functional groups attached to an aromatic ring is 1. The van der Waals surface area contributed by atoms with E-state index in [0.717, 1.165) is 14.3 Å². The number of nitrogens with two attached hydrogens (primary N) is 1. The molecule has 0 unspecified atom stereocenters. The van der Waals surface area contributed by atoms with E-state index in [2.05, 4.69) is 26.6 Å². The van der Waals surface area contributed by atoms with Gasteiger partial charge in [-0.3, -0.25) is 10.1 Å². The van der Waals surface area contributed by atoms with Gasteiger partial charge in [0.15, 0.2) is 0 Å². The highest BCUT2D eigenvalue weighted by Gasteiger charge is 2.16. The number of carbonyl (C=O) groups is 2. The Morgan fingerprint density at radius 2 is 1.66 bits per heavy atom. The maximum Gasteiger partial charge on any atom is 0.412 e. The molecule has 3 rings (SSSR count). The number of halogens is 1. The Morgan fingerprint density at radius 1 is 0.938 bits per heavy atom. The van der Waals surface area contributed by atoms with Crippen LogP contribution in [0.3, 0.4) is 0 Å². The fourth-order valence-electron chi connectivity index (χ4n) is 2.71. The smallest absolute Gasteiger partial charge is 0.412 e. The standard InChI is InChI=1S/C24H24BrN3O3S/c1-24(2,3)31-23(30)28-17-8-10-19(11-9-17)32-21-12-7-15(13-20(21)26)22(29)27-18-6-4-5-16(25)14-18/h4-14H,26H2,1-3H3,(H,27,29)(H,28,30). The Balaban J connectivity index is 1.63. The molecule has 0 spiro atoms. The summed E-state index contributed by atoms with van der Waals surface area (Å²) in [5, 5.41) is 5.56. The van der Waals surface area contributed by atoms with E-state index in [9.17, 15) is 9.59 Å². The normalized spacial score (nSPS) is 11.0. The molecular formula is C24H24BrN3O3S. The van der Waals surface area contributed by atoms with E-state index in [1.54, 1.807) is 24.3 Å². The number of hydrogen-bond donors (Lipinski definition) is 3. The molecule has 0 heterocycles. The third-order valence-electron chi connectivity index (χ3n) is 4.08. The number of ether oxygens (including phenoxy) is 1. The summed E-state index contributed by atoms with van der Waals surface area (Å²) in [6.07, 6.45) is -0.501. The minimum Gasteiger partial charge on any atom is -0.444 e. The maximum atomic E-state index is 12.5. The van der Waals surface area contributed by atoms with Crippen LogP contribution in [0.1, 0.15) is 31.1 Å². The predicted octanol–water partition coefficient (Wildman–Crippen LogP) is 6.78. The summed E-state index contributed by atoms with van der Waals surface area (Å²) in [6, 6.07) is 20.0. The fourth-order valence-corrected chi connectivity index (χ4v) is 3.95. The molecule has 32 heavy (non-hydrogen) atoms. The Bertz CT molecular complexity index is 1130. The van der Waals surface area contributed by atoms with Crippen LogP contribution in [-0.4, -0.2) is 17.6 Å². The van der Waals surface area contributed by atoms with Crippen molar-refractivity contribution in [2.24, 2.45) is 0 Å². The molecule has 0 aliphatic carbocycles. The molecule has 0 radical (unpaired) electrons. The van der Waals surface area contributed by atoms with Crippen LogP contribution in [0, 0.1) is 0 Å². The molecule has 3 aromatic carbocycles. The molecule has 0 aliphatic rings. The first-order valence-electron chi connectivity index (χ1n) is 9.83. The van der Waals surface area contributed by atoms with Gasteiger partial charge in [0.05, 0.1) is 0 Å². The largest absolute Gasteiger partial charge is 0.444 e. The Hall–Kier alpha value is -2.97. The topological polar surface area (TPSA) is 93.4 Å². The summed E-state index contributed by atoms with van der Waals surface area (Å²) < 4.78 is 6.13. The van der Waals surface area contributed by atoms with Gasteiger partial charge >= 0.3 is 6.09 Å².